The van der Waals surface area contributed by atoms with E-state index in [0.717, 1.165) is 35.3 Å². The molecule has 0 spiro atoms. The van der Waals surface area contributed by atoms with Crippen LogP contribution in [-0.4, -0.2) is 15.9 Å². The van der Waals surface area contributed by atoms with Crippen LogP contribution in [0.3, 0.4) is 0 Å². The van der Waals surface area contributed by atoms with E-state index in [0.29, 0.717) is 17.1 Å². The Kier molecular flexibility index (Phi) is 5.40. The zero-order valence-electron chi connectivity index (χ0n) is 14.0. The molecule has 0 fully saturated rings. The van der Waals surface area contributed by atoms with Gasteiger partial charge in [0.05, 0.1) is 21.8 Å². The van der Waals surface area contributed by atoms with Gasteiger partial charge in [0.2, 0.25) is 0 Å². The summed E-state index contributed by atoms with van der Waals surface area (Å²) in [4.78, 5) is 21.8. The fourth-order valence-electron chi connectivity index (χ4n) is 2.45. The quantitative estimate of drug-likeness (QED) is 0.645. The van der Waals surface area contributed by atoms with Gasteiger partial charge in [-0.05, 0) is 42.2 Å². The maximum absolute atomic E-state index is 12.5. The first-order chi connectivity index (χ1) is 12.2. The summed E-state index contributed by atoms with van der Waals surface area (Å²) in [7, 11) is 0. The van der Waals surface area contributed by atoms with Crippen LogP contribution < -0.4 is 11.1 Å². The van der Waals surface area contributed by atoms with Crippen molar-refractivity contribution >= 4 is 28.6 Å². The molecule has 3 rings (SSSR count). The number of benzene rings is 1. The summed E-state index contributed by atoms with van der Waals surface area (Å²) in [6, 6.07) is 9.26. The average molecular weight is 352 g/mol. The van der Waals surface area contributed by atoms with Gasteiger partial charge in [0.1, 0.15) is 5.69 Å². The van der Waals surface area contributed by atoms with Crippen LogP contribution in [0.15, 0.2) is 48.2 Å². The first-order valence-corrected chi connectivity index (χ1v) is 9.10. The molecule has 5 nitrogen and oxygen atoms in total. The first kappa shape index (κ1) is 17.1. The standard InChI is InChI=1S/C19H20N4OS/c1-2-3-4-13-5-8-16(22-10-13)19(24)23-17-9-14(6-7-15(17)20)18-11-21-12-25-18/h5-12H,2-4,20H2,1H3,(H,23,24). The first-order valence-electron chi connectivity index (χ1n) is 8.22. The van der Waals surface area contributed by atoms with E-state index in [1.54, 1.807) is 30.0 Å². The Morgan fingerprint density at radius 1 is 1.24 bits per heavy atom. The highest BCUT2D eigenvalue weighted by Gasteiger charge is 2.11. The second kappa shape index (κ2) is 7.90. The van der Waals surface area contributed by atoms with Crippen molar-refractivity contribution in [3.63, 3.8) is 0 Å². The van der Waals surface area contributed by atoms with Crippen molar-refractivity contribution in [3.8, 4) is 10.4 Å². The number of carbonyl (C=O) groups excluding carboxylic acids is 1. The number of aromatic nitrogens is 2. The van der Waals surface area contributed by atoms with Crippen molar-refractivity contribution in [2.75, 3.05) is 11.1 Å². The van der Waals surface area contributed by atoms with Gasteiger partial charge >= 0.3 is 0 Å². The Hall–Kier alpha value is -2.73. The minimum Gasteiger partial charge on any atom is -0.397 e. The van der Waals surface area contributed by atoms with Crippen molar-refractivity contribution in [3.05, 3.63) is 59.5 Å². The number of thiazole rings is 1. The molecule has 0 atom stereocenters. The number of hydrogen-bond donors (Lipinski definition) is 2. The topological polar surface area (TPSA) is 80.9 Å². The van der Waals surface area contributed by atoms with E-state index in [4.69, 9.17) is 5.73 Å². The molecule has 0 saturated heterocycles. The number of pyridine rings is 1. The van der Waals surface area contributed by atoms with Gasteiger partial charge in [0.15, 0.2) is 0 Å². The number of rotatable bonds is 6. The average Bonchev–Trinajstić information content (AvgIpc) is 3.17. The second-order valence-electron chi connectivity index (χ2n) is 5.78. The number of carbonyl (C=O) groups is 1. The SMILES string of the molecule is CCCCc1ccc(C(=O)Nc2cc(-c3cncs3)ccc2N)nc1. The summed E-state index contributed by atoms with van der Waals surface area (Å²) in [6.07, 6.45) is 6.79. The van der Waals surface area contributed by atoms with E-state index in [2.05, 4.69) is 22.2 Å². The maximum Gasteiger partial charge on any atom is 0.274 e. The summed E-state index contributed by atoms with van der Waals surface area (Å²) < 4.78 is 0. The lowest BCUT2D eigenvalue weighted by molar-refractivity contribution is 0.102. The fourth-order valence-corrected chi connectivity index (χ4v) is 3.07. The lowest BCUT2D eigenvalue weighted by Crippen LogP contribution is -2.15. The number of anilines is 2. The van der Waals surface area contributed by atoms with Crippen molar-refractivity contribution in [1.82, 2.24) is 9.97 Å². The van der Waals surface area contributed by atoms with E-state index in [-0.39, 0.29) is 5.91 Å². The summed E-state index contributed by atoms with van der Waals surface area (Å²) >= 11 is 1.54. The van der Waals surface area contributed by atoms with E-state index in [9.17, 15) is 4.79 Å². The predicted octanol–water partition coefficient (Wildman–Crippen LogP) is 4.38. The summed E-state index contributed by atoms with van der Waals surface area (Å²) in [5.74, 6) is -0.268. The Bertz CT molecular complexity index is 844. The van der Waals surface area contributed by atoms with Gasteiger partial charge in [-0.1, -0.05) is 25.5 Å². The number of unbranched alkanes of at least 4 members (excludes halogenated alkanes) is 1. The minimum atomic E-state index is -0.268. The third-order valence-corrected chi connectivity index (χ3v) is 4.72. The van der Waals surface area contributed by atoms with Crippen LogP contribution in [0.25, 0.3) is 10.4 Å². The van der Waals surface area contributed by atoms with Crippen LogP contribution in [0, 0.1) is 0 Å². The number of nitrogens with zero attached hydrogens (tertiary/aromatic N) is 2. The fraction of sp³-hybridized carbons (Fsp3) is 0.211. The number of nitrogen functional groups attached to an aromatic ring is 1. The molecule has 1 amide bonds. The Morgan fingerprint density at radius 3 is 2.80 bits per heavy atom. The van der Waals surface area contributed by atoms with Crippen molar-refractivity contribution < 1.29 is 4.79 Å². The molecule has 0 bridgehead atoms. The molecule has 0 aliphatic heterocycles. The van der Waals surface area contributed by atoms with Gasteiger partial charge < -0.3 is 11.1 Å². The summed E-state index contributed by atoms with van der Waals surface area (Å²) in [5, 5.41) is 2.85. The Morgan fingerprint density at radius 2 is 2.12 bits per heavy atom. The highest BCUT2D eigenvalue weighted by molar-refractivity contribution is 7.13. The molecule has 0 unspecified atom stereocenters. The van der Waals surface area contributed by atoms with Crippen LogP contribution in [-0.2, 0) is 6.42 Å². The normalized spacial score (nSPS) is 10.6. The smallest absolute Gasteiger partial charge is 0.274 e. The third-order valence-electron chi connectivity index (χ3n) is 3.89. The second-order valence-corrected chi connectivity index (χ2v) is 6.66. The highest BCUT2D eigenvalue weighted by Crippen LogP contribution is 2.29. The molecule has 128 valence electrons. The molecule has 0 radical (unpaired) electrons. The Labute approximate surface area is 151 Å². The minimum absolute atomic E-state index is 0.268. The van der Waals surface area contributed by atoms with Crippen LogP contribution in [0.2, 0.25) is 0 Å². The monoisotopic (exact) mass is 352 g/mol. The van der Waals surface area contributed by atoms with Crippen molar-refractivity contribution in [2.45, 2.75) is 26.2 Å². The zero-order chi connectivity index (χ0) is 17.6. The van der Waals surface area contributed by atoms with E-state index in [1.807, 2.05) is 18.2 Å². The molecule has 1 aromatic carbocycles. The van der Waals surface area contributed by atoms with Crippen LogP contribution in [0.1, 0.15) is 35.8 Å². The van der Waals surface area contributed by atoms with E-state index < -0.39 is 0 Å². The number of nitrogens with one attached hydrogen (secondary N) is 1. The molecule has 0 saturated carbocycles. The lowest BCUT2D eigenvalue weighted by atomic mass is 10.1. The Balaban J connectivity index is 1.75. The van der Waals surface area contributed by atoms with Crippen molar-refractivity contribution in [2.24, 2.45) is 0 Å². The molecule has 6 heteroatoms. The molecule has 3 aromatic rings. The molecule has 0 aliphatic carbocycles. The third kappa shape index (κ3) is 4.22. The van der Waals surface area contributed by atoms with Crippen molar-refractivity contribution in [1.29, 1.82) is 0 Å². The van der Waals surface area contributed by atoms with Gasteiger partial charge in [-0.2, -0.15) is 0 Å². The van der Waals surface area contributed by atoms with E-state index in [1.165, 1.54) is 11.3 Å². The molecular weight excluding hydrogens is 332 g/mol. The van der Waals surface area contributed by atoms with Gasteiger partial charge in [-0.3, -0.25) is 14.8 Å². The van der Waals surface area contributed by atoms with Gasteiger partial charge in [-0.15, -0.1) is 11.3 Å². The number of hydrogen-bond acceptors (Lipinski definition) is 5. The zero-order valence-corrected chi connectivity index (χ0v) is 14.8. The van der Waals surface area contributed by atoms with E-state index >= 15 is 0 Å². The van der Waals surface area contributed by atoms with Crippen LogP contribution >= 0.6 is 11.3 Å². The number of nitrogens with two attached hydrogens (primary N) is 1. The van der Waals surface area contributed by atoms with Crippen LogP contribution in [0.4, 0.5) is 11.4 Å². The molecule has 2 heterocycles. The maximum atomic E-state index is 12.5. The largest absolute Gasteiger partial charge is 0.397 e. The molecule has 2 aromatic heterocycles. The lowest BCUT2D eigenvalue weighted by Gasteiger charge is -2.10. The van der Waals surface area contributed by atoms with Crippen LogP contribution in [0.5, 0.6) is 0 Å². The van der Waals surface area contributed by atoms with Gasteiger partial charge in [-0.25, -0.2) is 0 Å². The summed E-state index contributed by atoms with van der Waals surface area (Å²) in [5.41, 5.74) is 11.4. The highest BCUT2D eigenvalue weighted by atomic mass is 32.1. The number of amides is 1. The molecular formula is C19H20N4OS. The number of aryl methyl sites for hydroxylation is 1. The molecule has 0 aliphatic rings. The predicted molar refractivity (Wildman–Crippen MR) is 103 cm³/mol. The van der Waals surface area contributed by atoms with Gasteiger partial charge in [0.25, 0.3) is 5.91 Å². The molecule has 25 heavy (non-hydrogen) atoms. The molecule has 3 N–H and O–H groups in total. The summed E-state index contributed by atoms with van der Waals surface area (Å²) in [6.45, 7) is 2.15. The van der Waals surface area contributed by atoms with Gasteiger partial charge in [0, 0.05) is 12.4 Å².